The molecule has 28 heavy (non-hydrogen) atoms. The Hall–Kier alpha value is -1.40. The van der Waals surface area contributed by atoms with Gasteiger partial charge in [0.1, 0.15) is 0 Å². The fraction of sp³-hybridized carbons (Fsp3) is 0.818. The molecular formula is C22H37N5O. The lowest BCUT2D eigenvalue weighted by atomic mass is 9.85. The summed E-state index contributed by atoms with van der Waals surface area (Å²) in [6.45, 7) is 12.0. The minimum Gasteiger partial charge on any atom is -0.350 e. The van der Waals surface area contributed by atoms with Crippen molar-refractivity contribution in [2.75, 3.05) is 26.2 Å². The maximum absolute atomic E-state index is 12.1. The van der Waals surface area contributed by atoms with E-state index in [0.29, 0.717) is 6.54 Å². The summed E-state index contributed by atoms with van der Waals surface area (Å²) in [6.07, 6.45) is 8.49. The number of piperidine rings is 1. The molecule has 1 aromatic rings. The van der Waals surface area contributed by atoms with Gasteiger partial charge in [-0.15, -0.1) is 0 Å². The zero-order valence-corrected chi connectivity index (χ0v) is 17.8. The van der Waals surface area contributed by atoms with Crippen LogP contribution in [-0.4, -0.2) is 57.2 Å². The Kier molecular flexibility index (Phi) is 6.07. The van der Waals surface area contributed by atoms with Gasteiger partial charge in [-0.1, -0.05) is 12.8 Å². The van der Waals surface area contributed by atoms with Crippen molar-refractivity contribution in [2.24, 2.45) is 5.92 Å². The number of rotatable bonds is 6. The second-order valence-electron chi connectivity index (χ2n) is 9.62. The summed E-state index contributed by atoms with van der Waals surface area (Å²) in [5.41, 5.74) is 2.51. The molecule has 4 rings (SSSR count). The quantitative estimate of drug-likeness (QED) is 0.815. The predicted molar refractivity (Wildman–Crippen MR) is 111 cm³/mol. The van der Waals surface area contributed by atoms with E-state index < -0.39 is 0 Å². The van der Waals surface area contributed by atoms with Crippen LogP contribution in [0.2, 0.25) is 0 Å². The maximum atomic E-state index is 12.1. The molecule has 1 saturated carbocycles. The first-order valence-electron chi connectivity index (χ1n) is 11.3. The van der Waals surface area contributed by atoms with Crippen LogP contribution in [0.1, 0.15) is 70.2 Å². The Labute approximate surface area is 169 Å². The number of aryl methyl sites for hydroxylation is 1. The summed E-state index contributed by atoms with van der Waals surface area (Å²) in [5.74, 6) is 0.451. The highest BCUT2D eigenvalue weighted by Crippen LogP contribution is 2.26. The number of aromatic nitrogens is 2. The second kappa shape index (κ2) is 8.54. The van der Waals surface area contributed by atoms with E-state index in [1.54, 1.807) is 0 Å². The number of nitrogens with zero attached hydrogens (tertiary/aromatic N) is 4. The van der Waals surface area contributed by atoms with Gasteiger partial charge in [-0.2, -0.15) is 5.10 Å². The molecule has 6 heteroatoms. The molecule has 0 unspecified atom stereocenters. The van der Waals surface area contributed by atoms with Crippen molar-refractivity contribution in [1.82, 2.24) is 24.9 Å². The van der Waals surface area contributed by atoms with Crippen molar-refractivity contribution in [3.63, 3.8) is 0 Å². The van der Waals surface area contributed by atoms with Crippen molar-refractivity contribution < 1.29 is 4.79 Å². The lowest BCUT2D eigenvalue weighted by molar-refractivity contribution is -0.127. The average molecular weight is 388 g/mol. The van der Waals surface area contributed by atoms with Gasteiger partial charge < -0.3 is 5.32 Å². The van der Waals surface area contributed by atoms with Crippen LogP contribution < -0.4 is 5.32 Å². The predicted octanol–water partition coefficient (Wildman–Crippen LogP) is 2.77. The summed E-state index contributed by atoms with van der Waals surface area (Å²) in [5, 5.41) is 7.85. The molecule has 3 heterocycles. The molecule has 3 aliphatic rings. The molecule has 1 aliphatic carbocycles. The molecule has 0 radical (unpaired) electrons. The molecule has 1 saturated heterocycles. The fourth-order valence-corrected chi connectivity index (χ4v) is 4.95. The number of carbonyl (C=O) groups is 1. The van der Waals surface area contributed by atoms with Crippen LogP contribution in [0.25, 0.3) is 0 Å². The fourth-order valence-electron chi connectivity index (χ4n) is 4.95. The van der Waals surface area contributed by atoms with Crippen molar-refractivity contribution in [3.05, 3.63) is 17.5 Å². The topological polar surface area (TPSA) is 53.4 Å². The minimum atomic E-state index is 0.208. The Balaban J connectivity index is 1.34. The van der Waals surface area contributed by atoms with Gasteiger partial charge in [-0.25, -0.2) is 0 Å². The van der Waals surface area contributed by atoms with Crippen LogP contribution in [-0.2, 0) is 24.4 Å². The lowest BCUT2D eigenvalue weighted by Gasteiger charge is -2.43. The van der Waals surface area contributed by atoms with Crippen molar-refractivity contribution >= 4 is 5.91 Å². The monoisotopic (exact) mass is 387 g/mol. The normalized spacial score (nSPS) is 22.4. The molecular weight excluding hydrogens is 350 g/mol. The van der Waals surface area contributed by atoms with Gasteiger partial charge in [0.2, 0.25) is 5.91 Å². The summed E-state index contributed by atoms with van der Waals surface area (Å²) in [7, 11) is 0. The van der Waals surface area contributed by atoms with Gasteiger partial charge in [0.15, 0.2) is 0 Å². The summed E-state index contributed by atoms with van der Waals surface area (Å²) >= 11 is 0. The maximum Gasteiger partial charge on any atom is 0.223 e. The third-order valence-electron chi connectivity index (χ3n) is 6.89. The van der Waals surface area contributed by atoms with E-state index in [9.17, 15) is 4.79 Å². The number of nitrogens with one attached hydrogen (secondary N) is 1. The standard InChI is InChI=1S/C22H37N5O/c1-22(2,26-11-4-3-5-12-26)17-25-10-7-13-27-20(16-25)14-19(24-27)15-23-21(28)18-8-6-9-18/h14,18H,3-13,15-17H2,1-2H3,(H,23,28). The number of fused-ring (bicyclic) bond motifs is 1. The first-order chi connectivity index (χ1) is 13.5. The van der Waals surface area contributed by atoms with Gasteiger partial charge in [0, 0.05) is 37.6 Å². The molecule has 156 valence electrons. The largest absolute Gasteiger partial charge is 0.350 e. The molecule has 0 atom stereocenters. The van der Waals surface area contributed by atoms with E-state index in [4.69, 9.17) is 5.10 Å². The van der Waals surface area contributed by atoms with Gasteiger partial charge in [-0.05, 0) is 65.1 Å². The number of likely N-dealkylation sites (tertiary alicyclic amines) is 1. The Morgan fingerprint density at radius 3 is 2.61 bits per heavy atom. The second-order valence-corrected chi connectivity index (χ2v) is 9.62. The summed E-state index contributed by atoms with van der Waals surface area (Å²) in [4.78, 5) is 17.4. The molecule has 0 aromatic carbocycles. The number of carbonyl (C=O) groups excluding carboxylic acids is 1. The van der Waals surface area contributed by atoms with E-state index in [2.05, 4.69) is 39.7 Å². The third-order valence-corrected chi connectivity index (χ3v) is 6.89. The van der Waals surface area contributed by atoms with Crippen molar-refractivity contribution in [1.29, 1.82) is 0 Å². The van der Waals surface area contributed by atoms with Crippen LogP contribution in [0.15, 0.2) is 6.07 Å². The summed E-state index contributed by atoms with van der Waals surface area (Å²) < 4.78 is 2.17. The molecule has 0 spiro atoms. The lowest BCUT2D eigenvalue weighted by Crippen LogP contribution is -2.53. The van der Waals surface area contributed by atoms with Gasteiger partial charge in [0.25, 0.3) is 0 Å². The van der Waals surface area contributed by atoms with E-state index in [1.807, 2.05) is 0 Å². The van der Waals surface area contributed by atoms with Crippen molar-refractivity contribution in [3.8, 4) is 0 Å². The first-order valence-corrected chi connectivity index (χ1v) is 11.3. The third kappa shape index (κ3) is 4.60. The van der Waals surface area contributed by atoms with Crippen LogP contribution in [0.5, 0.6) is 0 Å². The molecule has 1 N–H and O–H groups in total. The molecule has 1 aromatic heterocycles. The van der Waals surface area contributed by atoms with Crippen LogP contribution >= 0.6 is 0 Å². The van der Waals surface area contributed by atoms with E-state index in [0.717, 1.165) is 51.1 Å². The Morgan fingerprint density at radius 1 is 1.11 bits per heavy atom. The highest BCUT2D eigenvalue weighted by atomic mass is 16.1. The summed E-state index contributed by atoms with van der Waals surface area (Å²) in [6, 6.07) is 2.20. The first kappa shape index (κ1) is 19.9. The zero-order valence-electron chi connectivity index (χ0n) is 17.8. The highest BCUT2D eigenvalue weighted by Gasteiger charge is 2.31. The smallest absolute Gasteiger partial charge is 0.223 e. The van der Waals surface area contributed by atoms with Crippen LogP contribution in [0.3, 0.4) is 0 Å². The van der Waals surface area contributed by atoms with Crippen LogP contribution in [0, 0.1) is 5.92 Å². The zero-order chi connectivity index (χ0) is 19.6. The SMILES string of the molecule is CC(C)(CN1CCCn2nc(CNC(=O)C3CCC3)cc2C1)N1CCCCC1. The number of hydrogen-bond acceptors (Lipinski definition) is 4. The number of hydrogen-bond donors (Lipinski definition) is 1. The Morgan fingerprint density at radius 2 is 1.89 bits per heavy atom. The Bertz CT molecular complexity index is 672. The van der Waals surface area contributed by atoms with E-state index in [1.165, 1.54) is 44.5 Å². The minimum absolute atomic E-state index is 0.208. The van der Waals surface area contributed by atoms with Gasteiger partial charge in [0.05, 0.1) is 17.9 Å². The molecule has 6 nitrogen and oxygen atoms in total. The van der Waals surface area contributed by atoms with E-state index in [-0.39, 0.29) is 17.4 Å². The molecule has 0 bridgehead atoms. The van der Waals surface area contributed by atoms with Gasteiger partial charge in [-0.3, -0.25) is 19.3 Å². The molecule has 2 aliphatic heterocycles. The van der Waals surface area contributed by atoms with Crippen molar-refractivity contribution in [2.45, 2.75) is 84.0 Å². The van der Waals surface area contributed by atoms with Gasteiger partial charge >= 0.3 is 0 Å². The highest BCUT2D eigenvalue weighted by molar-refractivity contribution is 5.79. The molecule has 2 fully saturated rings. The average Bonchev–Trinajstić information content (AvgIpc) is 2.91. The molecule has 1 amide bonds. The van der Waals surface area contributed by atoms with E-state index >= 15 is 0 Å². The van der Waals surface area contributed by atoms with Crippen LogP contribution in [0.4, 0.5) is 0 Å². The number of amides is 1.